The molecule has 0 unspecified atom stereocenters. The topological polar surface area (TPSA) is 71.2 Å². The Kier molecular flexibility index (Phi) is 5.17. The number of rotatable bonds is 6. The van der Waals surface area contributed by atoms with E-state index < -0.39 is 0 Å². The Bertz CT molecular complexity index is 462. The van der Waals surface area contributed by atoms with Crippen molar-refractivity contribution in [1.82, 2.24) is 4.98 Å². The maximum atomic E-state index is 12.1. The van der Waals surface area contributed by atoms with Crippen molar-refractivity contribution < 1.29 is 4.79 Å². The molecule has 0 spiro atoms. The largest absolute Gasteiger partial charge is 0.357 e. The highest BCUT2D eigenvalue weighted by Gasteiger charge is 2.31. The number of pyridine rings is 1. The summed E-state index contributed by atoms with van der Waals surface area (Å²) in [5.41, 5.74) is 6.66. The molecular formula is C16H26N4O. The number of nitrogens with zero attached hydrogens (tertiary/aromatic N) is 2. The second-order valence-electron chi connectivity index (χ2n) is 5.87. The van der Waals surface area contributed by atoms with Crippen LogP contribution >= 0.6 is 0 Å². The van der Waals surface area contributed by atoms with E-state index in [0.717, 1.165) is 50.3 Å². The third-order valence-corrected chi connectivity index (χ3v) is 4.23. The van der Waals surface area contributed by atoms with Crippen molar-refractivity contribution >= 4 is 17.4 Å². The third-order valence-electron chi connectivity index (χ3n) is 4.23. The highest BCUT2D eigenvalue weighted by molar-refractivity contribution is 5.91. The summed E-state index contributed by atoms with van der Waals surface area (Å²) in [6.45, 7) is 6.04. The number of aromatic nitrogens is 1. The number of amides is 1. The Labute approximate surface area is 126 Å². The first-order chi connectivity index (χ1) is 10.1. The molecule has 0 saturated heterocycles. The predicted molar refractivity (Wildman–Crippen MR) is 86.4 cm³/mol. The summed E-state index contributed by atoms with van der Waals surface area (Å²) in [5, 5.41) is 2.90. The molecule has 0 atom stereocenters. The number of hydrogen-bond acceptors (Lipinski definition) is 4. The van der Waals surface area contributed by atoms with Crippen LogP contribution in [0.2, 0.25) is 0 Å². The molecule has 0 radical (unpaired) electrons. The quantitative estimate of drug-likeness (QED) is 0.844. The Hall–Kier alpha value is -1.62. The number of nitrogens with two attached hydrogens (primary N) is 1. The minimum Gasteiger partial charge on any atom is -0.357 e. The van der Waals surface area contributed by atoms with Crippen LogP contribution in [0, 0.1) is 0 Å². The zero-order valence-corrected chi connectivity index (χ0v) is 13.1. The van der Waals surface area contributed by atoms with E-state index in [1.165, 1.54) is 0 Å². The van der Waals surface area contributed by atoms with E-state index in [1.807, 2.05) is 12.1 Å². The third kappa shape index (κ3) is 4.17. The molecule has 1 aromatic rings. The second-order valence-corrected chi connectivity index (χ2v) is 5.87. The fourth-order valence-corrected chi connectivity index (χ4v) is 2.98. The lowest BCUT2D eigenvalue weighted by Crippen LogP contribution is -2.40. The first-order valence-corrected chi connectivity index (χ1v) is 7.86. The fraction of sp³-hybridized carbons (Fsp3) is 0.625. The number of anilines is 2. The van der Waals surface area contributed by atoms with Gasteiger partial charge in [-0.15, -0.1) is 0 Å². The first-order valence-electron chi connectivity index (χ1n) is 7.86. The molecule has 1 fully saturated rings. The molecule has 0 aliphatic heterocycles. The standard InChI is InChI=1S/C16H26N4O/c1-3-20(4-2)14-8-7-13(12-18-14)19-15(21)11-16(17)9-5-6-10-16/h7-8,12H,3-6,9-11,17H2,1-2H3,(H,19,21). The van der Waals surface area contributed by atoms with E-state index in [2.05, 4.69) is 29.0 Å². The van der Waals surface area contributed by atoms with E-state index in [9.17, 15) is 4.79 Å². The van der Waals surface area contributed by atoms with Gasteiger partial charge in [-0.05, 0) is 38.8 Å². The molecule has 1 amide bonds. The van der Waals surface area contributed by atoms with Gasteiger partial charge in [0.15, 0.2) is 0 Å². The van der Waals surface area contributed by atoms with E-state index in [4.69, 9.17) is 5.73 Å². The molecule has 1 aliphatic carbocycles. The molecule has 1 heterocycles. The zero-order valence-electron chi connectivity index (χ0n) is 13.1. The fourth-order valence-electron chi connectivity index (χ4n) is 2.98. The van der Waals surface area contributed by atoms with Crippen LogP contribution in [0.25, 0.3) is 0 Å². The molecule has 2 rings (SSSR count). The van der Waals surface area contributed by atoms with Crippen LogP contribution in [0.3, 0.4) is 0 Å². The monoisotopic (exact) mass is 290 g/mol. The SMILES string of the molecule is CCN(CC)c1ccc(NC(=O)CC2(N)CCCC2)cn1. The van der Waals surface area contributed by atoms with Gasteiger partial charge in [0.1, 0.15) is 5.82 Å². The smallest absolute Gasteiger partial charge is 0.226 e. The maximum Gasteiger partial charge on any atom is 0.226 e. The van der Waals surface area contributed by atoms with E-state index in [-0.39, 0.29) is 11.4 Å². The van der Waals surface area contributed by atoms with Crippen molar-refractivity contribution in [2.45, 2.75) is 51.5 Å². The van der Waals surface area contributed by atoms with Crippen LogP contribution in [-0.4, -0.2) is 29.5 Å². The highest BCUT2D eigenvalue weighted by Crippen LogP contribution is 2.30. The van der Waals surface area contributed by atoms with Crippen molar-refractivity contribution in [2.75, 3.05) is 23.3 Å². The van der Waals surface area contributed by atoms with Crippen molar-refractivity contribution in [3.05, 3.63) is 18.3 Å². The van der Waals surface area contributed by atoms with Crippen LogP contribution in [-0.2, 0) is 4.79 Å². The van der Waals surface area contributed by atoms with Gasteiger partial charge in [-0.1, -0.05) is 12.8 Å². The lowest BCUT2D eigenvalue weighted by atomic mass is 9.94. The molecular weight excluding hydrogens is 264 g/mol. The molecule has 1 aromatic heterocycles. The van der Waals surface area contributed by atoms with Gasteiger partial charge in [0, 0.05) is 25.0 Å². The number of nitrogens with one attached hydrogen (secondary N) is 1. The molecule has 0 bridgehead atoms. The summed E-state index contributed by atoms with van der Waals surface area (Å²) >= 11 is 0. The lowest BCUT2D eigenvalue weighted by molar-refractivity contribution is -0.117. The Morgan fingerprint density at radius 3 is 2.52 bits per heavy atom. The van der Waals surface area contributed by atoms with E-state index in [1.54, 1.807) is 6.20 Å². The van der Waals surface area contributed by atoms with Gasteiger partial charge in [0.2, 0.25) is 5.91 Å². The van der Waals surface area contributed by atoms with Crippen molar-refractivity contribution in [1.29, 1.82) is 0 Å². The Balaban J connectivity index is 1.92. The normalized spacial score (nSPS) is 16.7. The summed E-state index contributed by atoms with van der Waals surface area (Å²) in [5.74, 6) is 0.917. The minimum absolute atomic E-state index is 0.0169. The van der Waals surface area contributed by atoms with Crippen LogP contribution in [0.5, 0.6) is 0 Å². The summed E-state index contributed by atoms with van der Waals surface area (Å²) in [7, 11) is 0. The average Bonchev–Trinajstić information content (AvgIpc) is 2.88. The molecule has 116 valence electrons. The summed E-state index contributed by atoms with van der Waals surface area (Å²) in [4.78, 5) is 18.6. The molecule has 21 heavy (non-hydrogen) atoms. The van der Waals surface area contributed by atoms with Crippen molar-refractivity contribution in [2.24, 2.45) is 5.73 Å². The van der Waals surface area contributed by atoms with Crippen LogP contribution in [0.15, 0.2) is 18.3 Å². The summed E-state index contributed by atoms with van der Waals surface area (Å²) < 4.78 is 0. The molecule has 1 saturated carbocycles. The van der Waals surface area contributed by atoms with E-state index in [0.29, 0.717) is 6.42 Å². The van der Waals surface area contributed by atoms with Crippen molar-refractivity contribution in [3.63, 3.8) is 0 Å². The molecule has 3 N–H and O–H groups in total. The van der Waals surface area contributed by atoms with Gasteiger partial charge in [0.05, 0.1) is 11.9 Å². The molecule has 0 aromatic carbocycles. The molecule has 5 nitrogen and oxygen atoms in total. The van der Waals surface area contributed by atoms with E-state index >= 15 is 0 Å². The number of carbonyl (C=O) groups excluding carboxylic acids is 1. The zero-order chi connectivity index (χ0) is 15.3. The minimum atomic E-state index is -0.307. The van der Waals surface area contributed by atoms with Crippen LogP contribution in [0.1, 0.15) is 46.0 Å². The average molecular weight is 290 g/mol. The van der Waals surface area contributed by atoms with Crippen LogP contribution < -0.4 is 16.0 Å². The Morgan fingerprint density at radius 2 is 2.00 bits per heavy atom. The summed E-state index contributed by atoms with van der Waals surface area (Å²) in [6, 6.07) is 3.84. The van der Waals surface area contributed by atoms with Gasteiger partial charge in [-0.25, -0.2) is 4.98 Å². The highest BCUT2D eigenvalue weighted by atomic mass is 16.1. The van der Waals surface area contributed by atoms with Gasteiger partial charge in [-0.3, -0.25) is 4.79 Å². The molecule has 1 aliphatic rings. The van der Waals surface area contributed by atoms with Gasteiger partial charge >= 0.3 is 0 Å². The van der Waals surface area contributed by atoms with Gasteiger partial charge < -0.3 is 16.0 Å². The summed E-state index contributed by atoms with van der Waals surface area (Å²) in [6.07, 6.45) is 6.25. The maximum absolute atomic E-state index is 12.1. The first kappa shape index (κ1) is 15.8. The van der Waals surface area contributed by atoms with Crippen molar-refractivity contribution in [3.8, 4) is 0 Å². The van der Waals surface area contributed by atoms with Crippen LogP contribution in [0.4, 0.5) is 11.5 Å². The molecule has 5 heteroatoms. The number of carbonyl (C=O) groups is 1. The second kappa shape index (κ2) is 6.89. The number of hydrogen-bond donors (Lipinski definition) is 2. The predicted octanol–water partition coefficient (Wildman–Crippen LogP) is 2.53. The lowest BCUT2D eigenvalue weighted by Gasteiger charge is -2.23. The van der Waals surface area contributed by atoms with Gasteiger partial charge in [-0.2, -0.15) is 0 Å². The Morgan fingerprint density at radius 1 is 1.33 bits per heavy atom. The van der Waals surface area contributed by atoms with Gasteiger partial charge in [0.25, 0.3) is 0 Å².